The molecule has 3 nitrogen and oxygen atoms in total. The van der Waals surface area contributed by atoms with Gasteiger partial charge in [0.15, 0.2) is 0 Å². The Morgan fingerprint density at radius 1 is 1.35 bits per heavy atom. The SMILES string of the molecule is Cc1sc2nc(-c3ccsc3)[nH]c(=O)c2c1C. The largest absolute Gasteiger partial charge is 0.306 e. The predicted octanol–water partition coefficient (Wildman–Crippen LogP) is 3.33. The topological polar surface area (TPSA) is 45.8 Å². The first-order chi connectivity index (χ1) is 8.16. The summed E-state index contributed by atoms with van der Waals surface area (Å²) in [6.45, 7) is 3.99. The van der Waals surface area contributed by atoms with Gasteiger partial charge in [0.2, 0.25) is 0 Å². The molecule has 0 aliphatic carbocycles. The Hall–Kier alpha value is -1.46. The molecule has 5 heteroatoms. The van der Waals surface area contributed by atoms with Gasteiger partial charge >= 0.3 is 0 Å². The molecule has 3 aromatic rings. The second kappa shape index (κ2) is 3.78. The van der Waals surface area contributed by atoms with Crippen molar-refractivity contribution in [1.29, 1.82) is 0 Å². The number of fused-ring (bicyclic) bond motifs is 1. The molecule has 1 N–H and O–H groups in total. The van der Waals surface area contributed by atoms with E-state index >= 15 is 0 Å². The molecule has 0 saturated heterocycles. The lowest BCUT2D eigenvalue weighted by Gasteiger charge is -1.97. The van der Waals surface area contributed by atoms with Gasteiger partial charge in [-0.2, -0.15) is 11.3 Å². The Bertz CT molecular complexity index is 738. The zero-order chi connectivity index (χ0) is 12.0. The molecule has 0 amide bonds. The Kier molecular flexibility index (Phi) is 2.38. The third-order valence-corrected chi connectivity index (χ3v) is 4.62. The van der Waals surface area contributed by atoms with E-state index in [1.165, 1.54) is 0 Å². The summed E-state index contributed by atoms with van der Waals surface area (Å²) in [4.78, 5) is 21.4. The van der Waals surface area contributed by atoms with Gasteiger partial charge in [0.05, 0.1) is 5.39 Å². The van der Waals surface area contributed by atoms with Crippen LogP contribution in [0.3, 0.4) is 0 Å². The first kappa shape index (κ1) is 10.7. The molecule has 0 aliphatic heterocycles. The number of nitrogens with one attached hydrogen (secondary N) is 1. The number of hydrogen-bond acceptors (Lipinski definition) is 4. The Morgan fingerprint density at radius 2 is 2.18 bits per heavy atom. The fraction of sp³-hybridized carbons (Fsp3) is 0.167. The molecule has 0 bridgehead atoms. The first-order valence-electron chi connectivity index (χ1n) is 5.19. The Balaban J connectivity index is 2.36. The van der Waals surface area contributed by atoms with Gasteiger partial charge in [-0.15, -0.1) is 11.3 Å². The lowest BCUT2D eigenvalue weighted by molar-refractivity contribution is 1.19. The fourth-order valence-corrected chi connectivity index (χ4v) is 3.46. The lowest BCUT2D eigenvalue weighted by Crippen LogP contribution is -2.08. The second-order valence-electron chi connectivity index (χ2n) is 3.89. The molecular weight excluding hydrogens is 252 g/mol. The second-order valence-corrected chi connectivity index (χ2v) is 5.87. The molecule has 0 aromatic carbocycles. The maximum absolute atomic E-state index is 12.0. The molecule has 0 unspecified atom stereocenters. The minimum absolute atomic E-state index is 0.0435. The third-order valence-electron chi connectivity index (χ3n) is 2.83. The van der Waals surface area contributed by atoms with Crippen LogP contribution in [0.1, 0.15) is 10.4 Å². The summed E-state index contributed by atoms with van der Waals surface area (Å²) in [5.74, 6) is 0.657. The van der Waals surface area contributed by atoms with E-state index in [9.17, 15) is 4.79 Å². The Morgan fingerprint density at radius 3 is 2.88 bits per heavy atom. The molecule has 0 atom stereocenters. The summed E-state index contributed by atoms with van der Waals surface area (Å²) in [7, 11) is 0. The summed E-state index contributed by atoms with van der Waals surface area (Å²) in [5, 5.41) is 4.69. The number of hydrogen-bond donors (Lipinski definition) is 1. The molecule has 86 valence electrons. The molecular formula is C12H10N2OS2. The highest BCUT2D eigenvalue weighted by molar-refractivity contribution is 7.18. The van der Waals surface area contributed by atoms with Crippen LogP contribution in [0.5, 0.6) is 0 Å². The normalized spacial score (nSPS) is 11.2. The summed E-state index contributed by atoms with van der Waals surface area (Å²) in [6, 6.07) is 1.96. The van der Waals surface area contributed by atoms with Gasteiger partial charge in [0.25, 0.3) is 5.56 Å². The molecule has 0 saturated carbocycles. The number of H-pyrrole nitrogens is 1. The van der Waals surface area contributed by atoms with Gasteiger partial charge in [-0.25, -0.2) is 4.98 Å². The van der Waals surface area contributed by atoms with Crippen molar-refractivity contribution in [3.63, 3.8) is 0 Å². The summed E-state index contributed by atoms with van der Waals surface area (Å²) >= 11 is 3.17. The van der Waals surface area contributed by atoms with Gasteiger partial charge in [0, 0.05) is 15.8 Å². The van der Waals surface area contributed by atoms with E-state index in [-0.39, 0.29) is 5.56 Å². The van der Waals surface area contributed by atoms with Crippen LogP contribution in [0, 0.1) is 13.8 Å². The highest BCUT2D eigenvalue weighted by Gasteiger charge is 2.12. The smallest absolute Gasteiger partial charge is 0.260 e. The zero-order valence-electron chi connectivity index (χ0n) is 9.40. The minimum Gasteiger partial charge on any atom is -0.306 e. The standard InChI is InChI=1S/C12H10N2OS2/c1-6-7(2)17-12-9(6)11(15)13-10(14-12)8-3-4-16-5-8/h3-5H,1-2H3,(H,13,14,15). The number of nitrogens with zero attached hydrogens (tertiary/aromatic N) is 1. The summed E-state index contributed by atoms with van der Waals surface area (Å²) in [6.07, 6.45) is 0. The van der Waals surface area contributed by atoms with Crippen molar-refractivity contribution in [2.24, 2.45) is 0 Å². The molecule has 0 fully saturated rings. The molecule has 17 heavy (non-hydrogen) atoms. The van der Waals surface area contributed by atoms with Gasteiger partial charge < -0.3 is 4.98 Å². The molecule has 3 aromatic heterocycles. The minimum atomic E-state index is -0.0435. The molecule has 0 spiro atoms. The van der Waals surface area contributed by atoms with E-state index in [1.807, 2.05) is 30.7 Å². The van der Waals surface area contributed by atoms with Crippen molar-refractivity contribution in [2.45, 2.75) is 13.8 Å². The van der Waals surface area contributed by atoms with Gasteiger partial charge in [-0.3, -0.25) is 4.79 Å². The first-order valence-corrected chi connectivity index (χ1v) is 6.95. The fourth-order valence-electron chi connectivity index (χ4n) is 1.79. The van der Waals surface area contributed by atoms with Gasteiger partial charge in [0.1, 0.15) is 10.7 Å². The van der Waals surface area contributed by atoms with E-state index in [2.05, 4.69) is 9.97 Å². The van der Waals surface area contributed by atoms with Crippen molar-refractivity contribution < 1.29 is 0 Å². The maximum Gasteiger partial charge on any atom is 0.260 e. The van der Waals surface area contributed by atoms with Crippen LogP contribution in [0.25, 0.3) is 21.6 Å². The number of aromatic nitrogens is 2. The van der Waals surface area contributed by atoms with Crippen LogP contribution >= 0.6 is 22.7 Å². The highest BCUT2D eigenvalue weighted by atomic mass is 32.1. The van der Waals surface area contributed by atoms with Crippen molar-refractivity contribution in [1.82, 2.24) is 9.97 Å². The molecule has 0 radical (unpaired) electrons. The van der Waals surface area contributed by atoms with Crippen molar-refractivity contribution >= 4 is 32.9 Å². The number of aryl methyl sites for hydroxylation is 2. The average molecular weight is 262 g/mol. The predicted molar refractivity (Wildman–Crippen MR) is 73.0 cm³/mol. The number of rotatable bonds is 1. The van der Waals surface area contributed by atoms with E-state index in [0.717, 1.165) is 26.2 Å². The molecule has 3 heterocycles. The molecule has 0 aliphatic rings. The monoisotopic (exact) mass is 262 g/mol. The van der Waals surface area contributed by atoms with E-state index in [4.69, 9.17) is 0 Å². The molecule has 3 rings (SSSR count). The van der Waals surface area contributed by atoms with Gasteiger partial charge in [-0.05, 0) is 30.9 Å². The van der Waals surface area contributed by atoms with Crippen LogP contribution in [0.4, 0.5) is 0 Å². The van der Waals surface area contributed by atoms with E-state index in [0.29, 0.717) is 5.82 Å². The van der Waals surface area contributed by atoms with Crippen molar-refractivity contribution in [3.8, 4) is 11.4 Å². The maximum atomic E-state index is 12.0. The van der Waals surface area contributed by atoms with E-state index < -0.39 is 0 Å². The number of thiophene rings is 2. The third kappa shape index (κ3) is 1.62. The van der Waals surface area contributed by atoms with E-state index in [1.54, 1.807) is 22.7 Å². The van der Waals surface area contributed by atoms with Gasteiger partial charge in [-0.1, -0.05) is 0 Å². The van der Waals surface area contributed by atoms with Crippen molar-refractivity contribution in [2.75, 3.05) is 0 Å². The zero-order valence-corrected chi connectivity index (χ0v) is 11.0. The average Bonchev–Trinajstić information content (AvgIpc) is 2.88. The quantitative estimate of drug-likeness (QED) is 0.731. The number of aromatic amines is 1. The summed E-state index contributed by atoms with van der Waals surface area (Å²) < 4.78 is 0. The van der Waals surface area contributed by atoms with Crippen LogP contribution in [-0.2, 0) is 0 Å². The van der Waals surface area contributed by atoms with Crippen LogP contribution in [0.15, 0.2) is 21.6 Å². The lowest BCUT2D eigenvalue weighted by atomic mass is 10.2. The summed E-state index contributed by atoms with van der Waals surface area (Å²) in [5.41, 5.74) is 1.96. The Labute approximate surface area is 106 Å². The van der Waals surface area contributed by atoms with Crippen molar-refractivity contribution in [3.05, 3.63) is 37.6 Å². The van der Waals surface area contributed by atoms with Crippen LogP contribution in [0.2, 0.25) is 0 Å². The highest BCUT2D eigenvalue weighted by Crippen LogP contribution is 2.27. The van der Waals surface area contributed by atoms with Crippen LogP contribution < -0.4 is 5.56 Å². The van der Waals surface area contributed by atoms with Crippen LogP contribution in [-0.4, -0.2) is 9.97 Å².